The van der Waals surface area contributed by atoms with Gasteiger partial charge in [-0.05, 0) is 56.1 Å². The number of amides is 1. The molecule has 188 valence electrons. The van der Waals surface area contributed by atoms with E-state index in [2.05, 4.69) is 18.7 Å². The summed E-state index contributed by atoms with van der Waals surface area (Å²) in [6.45, 7) is 7.60. The summed E-state index contributed by atoms with van der Waals surface area (Å²) in [5.41, 5.74) is 2.77. The molecule has 0 atom stereocenters. The van der Waals surface area contributed by atoms with Crippen molar-refractivity contribution in [3.63, 3.8) is 0 Å². The Balaban J connectivity index is 1.34. The van der Waals surface area contributed by atoms with Crippen LogP contribution < -0.4 is 0 Å². The maximum Gasteiger partial charge on any atom is 0.237 e. The van der Waals surface area contributed by atoms with Crippen LogP contribution in [0.3, 0.4) is 0 Å². The number of Topliss-reactive ketones (excluding diaryl/α,β-unsaturated/α-hetero) is 2. The van der Waals surface area contributed by atoms with Gasteiger partial charge < -0.3 is 9.64 Å². The van der Waals surface area contributed by atoms with Gasteiger partial charge >= 0.3 is 0 Å². The number of aliphatic imine (C=N–C) groups is 1. The third-order valence-electron chi connectivity index (χ3n) is 6.83. The topological polar surface area (TPSA) is 79.3 Å². The van der Waals surface area contributed by atoms with E-state index in [1.165, 1.54) is 24.3 Å². The lowest BCUT2D eigenvalue weighted by atomic mass is 9.89. The molecule has 1 fully saturated rings. The number of ketones is 2. The Morgan fingerprint density at radius 1 is 1.20 bits per heavy atom. The Labute approximate surface area is 206 Å². The summed E-state index contributed by atoms with van der Waals surface area (Å²) in [6, 6.07) is 5.70. The molecule has 1 saturated heterocycles. The third-order valence-corrected chi connectivity index (χ3v) is 6.83. The zero-order chi connectivity index (χ0) is 24.9. The second-order valence-corrected chi connectivity index (χ2v) is 10.1. The summed E-state index contributed by atoms with van der Waals surface area (Å²) in [6.07, 6.45) is 2.22. The van der Waals surface area contributed by atoms with E-state index in [4.69, 9.17) is 9.73 Å². The van der Waals surface area contributed by atoms with Gasteiger partial charge in [0.05, 0.1) is 38.4 Å². The summed E-state index contributed by atoms with van der Waals surface area (Å²) < 4.78 is 18.6. The fourth-order valence-electron chi connectivity index (χ4n) is 4.97. The second-order valence-electron chi connectivity index (χ2n) is 10.1. The summed E-state index contributed by atoms with van der Waals surface area (Å²) in [5.74, 6) is -0.0640. The Hall–Kier alpha value is -2.71. The monoisotopic (exact) mass is 483 g/mol. The van der Waals surface area contributed by atoms with E-state index >= 15 is 0 Å². The summed E-state index contributed by atoms with van der Waals surface area (Å²) >= 11 is 0. The number of likely N-dealkylation sites (tertiary alicyclic amines) is 1. The van der Waals surface area contributed by atoms with Crippen LogP contribution in [-0.4, -0.2) is 78.9 Å². The number of hydrogen-bond acceptors (Lipinski definition) is 6. The van der Waals surface area contributed by atoms with Crippen molar-refractivity contribution in [3.8, 4) is 0 Å². The largest absolute Gasteiger partial charge is 0.376 e. The number of halogens is 1. The lowest BCUT2D eigenvalue weighted by molar-refractivity contribution is -0.132. The molecule has 0 bridgehead atoms. The van der Waals surface area contributed by atoms with E-state index in [-0.39, 0.29) is 48.1 Å². The SMILES string of the molecule is CC(C)CN(CC1=NC2=C(COCC2)C(=O)C1)C(=O)CN1CCC(C(=O)c2ccc(F)cc2)CC1. The molecule has 3 aliphatic rings. The average molecular weight is 484 g/mol. The van der Waals surface area contributed by atoms with E-state index in [0.29, 0.717) is 69.8 Å². The molecule has 1 aromatic carbocycles. The van der Waals surface area contributed by atoms with Crippen molar-refractivity contribution in [2.75, 3.05) is 45.9 Å². The van der Waals surface area contributed by atoms with Crippen molar-refractivity contribution in [1.82, 2.24) is 9.80 Å². The number of piperidine rings is 1. The van der Waals surface area contributed by atoms with Gasteiger partial charge in [0, 0.05) is 35.7 Å². The number of ether oxygens (including phenoxy) is 1. The molecule has 35 heavy (non-hydrogen) atoms. The molecular formula is C27H34FN3O4. The standard InChI is InChI=1S/C27H34FN3O4/c1-18(2)14-31(15-22-13-25(32)23-17-35-12-9-24(23)29-22)26(33)16-30-10-7-20(8-11-30)27(34)19-3-5-21(28)6-4-19/h3-6,18,20H,7-17H2,1-2H3. The Kier molecular flexibility index (Phi) is 8.23. The number of nitrogens with zero attached hydrogens (tertiary/aromatic N) is 3. The van der Waals surface area contributed by atoms with E-state index in [1.807, 2.05) is 4.90 Å². The highest BCUT2D eigenvalue weighted by molar-refractivity contribution is 6.13. The molecule has 0 N–H and O–H groups in total. The molecule has 0 aliphatic carbocycles. The third kappa shape index (κ3) is 6.49. The Morgan fingerprint density at radius 2 is 1.91 bits per heavy atom. The molecule has 3 aliphatic heterocycles. The second kappa shape index (κ2) is 11.4. The van der Waals surface area contributed by atoms with Crippen LogP contribution in [0, 0.1) is 17.7 Å². The van der Waals surface area contributed by atoms with Crippen LogP contribution in [0.1, 0.15) is 49.9 Å². The Morgan fingerprint density at radius 3 is 2.60 bits per heavy atom. The quantitative estimate of drug-likeness (QED) is 0.530. The summed E-state index contributed by atoms with van der Waals surface area (Å²) in [7, 11) is 0. The molecular weight excluding hydrogens is 449 g/mol. The first-order valence-corrected chi connectivity index (χ1v) is 12.5. The van der Waals surface area contributed by atoms with Gasteiger partial charge in [-0.1, -0.05) is 13.8 Å². The first kappa shape index (κ1) is 25.4. The molecule has 0 saturated carbocycles. The number of carbonyl (C=O) groups is 3. The minimum absolute atomic E-state index is 0.0175. The molecule has 0 spiro atoms. The first-order valence-electron chi connectivity index (χ1n) is 12.5. The lowest BCUT2D eigenvalue weighted by Crippen LogP contribution is -2.47. The zero-order valence-electron chi connectivity index (χ0n) is 20.6. The smallest absolute Gasteiger partial charge is 0.237 e. The van der Waals surface area contributed by atoms with Crippen LogP contribution in [0.4, 0.5) is 4.39 Å². The maximum atomic E-state index is 13.3. The molecule has 0 unspecified atom stereocenters. The first-order chi connectivity index (χ1) is 16.8. The van der Waals surface area contributed by atoms with Crippen molar-refractivity contribution in [1.29, 1.82) is 0 Å². The predicted molar refractivity (Wildman–Crippen MR) is 131 cm³/mol. The van der Waals surface area contributed by atoms with Gasteiger partial charge in [0.15, 0.2) is 11.6 Å². The van der Waals surface area contributed by atoms with E-state index < -0.39 is 0 Å². The highest BCUT2D eigenvalue weighted by atomic mass is 19.1. The summed E-state index contributed by atoms with van der Waals surface area (Å²) in [4.78, 5) is 47.2. The minimum atomic E-state index is -0.352. The number of benzene rings is 1. The molecule has 0 radical (unpaired) electrons. The molecule has 4 rings (SSSR count). The predicted octanol–water partition coefficient (Wildman–Crippen LogP) is 3.29. The fourth-order valence-corrected chi connectivity index (χ4v) is 4.97. The normalized spacial score (nSPS) is 19.5. The van der Waals surface area contributed by atoms with Crippen LogP contribution in [-0.2, 0) is 14.3 Å². The molecule has 7 nitrogen and oxygen atoms in total. The van der Waals surface area contributed by atoms with E-state index in [0.717, 1.165) is 11.4 Å². The highest BCUT2D eigenvalue weighted by Gasteiger charge is 2.30. The van der Waals surface area contributed by atoms with Crippen molar-refractivity contribution in [2.45, 2.75) is 39.5 Å². The zero-order valence-corrected chi connectivity index (χ0v) is 20.6. The van der Waals surface area contributed by atoms with Crippen LogP contribution in [0.2, 0.25) is 0 Å². The van der Waals surface area contributed by atoms with Crippen molar-refractivity contribution in [2.24, 2.45) is 16.8 Å². The fraction of sp³-hybridized carbons (Fsp3) is 0.556. The van der Waals surface area contributed by atoms with E-state index in [9.17, 15) is 18.8 Å². The number of carbonyl (C=O) groups excluding carboxylic acids is 3. The lowest BCUT2D eigenvalue weighted by Gasteiger charge is -2.33. The molecule has 3 heterocycles. The average Bonchev–Trinajstić information content (AvgIpc) is 2.84. The van der Waals surface area contributed by atoms with Crippen molar-refractivity contribution >= 4 is 23.2 Å². The molecule has 0 aromatic heterocycles. The van der Waals surface area contributed by atoms with Gasteiger partial charge in [0.1, 0.15) is 5.82 Å². The van der Waals surface area contributed by atoms with Crippen LogP contribution in [0.25, 0.3) is 0 Å². The minimum Gasteiger partial charge on any atom is -0.376 e. The van der Waals surface area contributed by atoms with Crippen molar-refractivity contribution < 1.29 is 23.5 Å². The Bertz CT molecular complexity index is 1020. The van der Waals surface area contributed by atoms with Gasteiger partial charge in [-0.15, -0.1) is 0 Å². The molecule has 1 amide bonds. The van der Waals surface area contributed by atoms with Gasteiger partial charge in [-0.25, -0.2) is 4.39 Å². The van der Waals surface area contributed by atoms with Gasteiger partial charge in [-0.2, -0.15) is 0 Å². The number of rotatable bonds is 8. The van der Waals surface area contributed by atoms with Gasteiger partial charge in [-0.3, -0.25) is 24.3 Å². The van der Waals surface area contributed by atoms with Gasteiger partial charge in [0.2, 0.25) is 5.91 Å². The maximum absolute atomic E-state index is 13.3. The number of hydrogen-bond donors (Lipinski definition) is 0. The van der Waals surface area contributed by atoms with Crippen LogP contribution in [0.15, 0.2) is 40.5 Å². The molecule has 8 heteroatoms. The molecule has 1 aromatic rings. The highest BCUT2D eigenvalue weighted by Crippen LogP contribution is 2.25. The van der Waals surface area contributed by atoms with Gasteiger partial charge in [0.25, 0.3) is 0 Å². The van der Waals surface area contributed by atoms with Crippen LogP contribution in [0.5, 0.6) is 0 Å². The van der Waals surface area contributed by atoms with Crippen LogP contribution >= 0.6 is 0 Å². The van der Waals surface area contributed by atoms with Crippen molar-refractivity contribution in [3.05, 3.63) is 46.9 Å². The van der Waals surface area contributed by atoms with E-state index in [1.54, 1.807) is 0 Å². The summed E-state index contributed by atoms with van der Waals surface area (Å²) in [5, 5.41) is 0.